The van der Waals surface area contributed by atoms with Crippen molar-refractivity contribution in [1.29, 1.82) is 0 Å². The average molecular weight is 457 g/mol. The van der Waals surface area contributed by atoms with E-state index in [1.165, 1.54) is 27.4 Å². The van der Waals surface area contributed by atoms with Gasteiger partial charge in [0.25, 0.3) is 11.8 Å². The van der Waals surface area contributed by atoms with Crippen LogP contribution in [0.4, 0.5) is 11.4 Å². The molecule has 3 aromatic rings. The van der Waals surface area contributed by atoms with Crippen molar-refractivity contribution in [3.8, 4) is 0 Å². The summed E-state index contributed by atoms with van der Waals surface area (Å²) in [4.78, 5) is 24.9. The number of aromatic nitrogens is 1. The minimum Gasteiger partial charge on any atom is -0.459 e. The Balaban J connectivity index is 1.43. The number of anilines is 2. The summed E-state index contributed by atoms with van der Waals surface area (Å²) in [5, 5.41) is 5.45. The fourth-order valence-electron chi connectivity index (χ4n) is 3.59. The molecule has 0 unspecified atom stereocenters. The Kier molecular flexibility index (Phi) is 6.15. The lowest BCUT2D eigenvalue weighted by Gasteiger charge is -2.25. The number of amides is 2. The highest BCUT2D eigenvalue weighted by Crippen LogP contribution is 2.23. The van der Waals surface area contributed by atoms with Gasteiger partial charge in [0, 0.05) is 37.7 Å². The molecular weight excluding hydrogens is 432 g/mol. The summed E-state index contributed by atoms with van der Waals surface area (Å²) in [6.45, 7) is 1.00. The predicted molar refractivity (Wildman–Crippen MR) is 119 cm³/mol. The first kappa shape index (κ1) is 21.8. The van der Waals surface area contributed by atoms with Crippen LogP contribution in [0.1, 0.15) is 40.3 Å². The maximum absolute atomic E-state index is 12.9. The molecule has 1 aromatic carbocycles. The number of rotatable bonds is 6. The van der Waals surface area contributed by atoms with Gasteiger partial charge < -0.3 is 19.6 Å². The molecule has 3 heterocycles. The van der Waals surface area contributed by atoms with Crippen LogP contribution in [0.5, 0.6) is 0 Å². The lowest BCUT2D eigenvalue weighted by atomic mass is 10.2. The predicted octanol–water partition coefficient (Wildman–Crippen LogP) is 3.30. The van der Waals surface area contributed by atoms with E-state index in [1.54, 1.807) is 43.4 Å². The fraction of sp³-hybridized carbons (Fsp3) is 0.273. The summed E-state index contributed by atoms with van der Waals surface area (Å²) in [6, 6.07) is 11.2. The summed E-state index contributed by atoms with van der Waals surface area (Å²) in [7, 11) is -1.98. The van der Waals surface area contributed by atoms with Gasteiger partial charge in [-0.2, -0.15) is 4.31 Å². The van der Waals surface area contributed by atoms with Crippen molar-refractivity contribution >= 4 is 33.2 Å². The van der Waals surface area contributed by atoms with Gasteiger partial charge in [-0.3, -0.25) is 9.59 Å². The normalized spacial score (nSPS) is 14.8. The third-order valence-electron chi connectivity index (χ3n) is 5.31. The molecule has 0 aliphatic carbocycles. The quantitative estimate of drug-likeness (QED) is 0.591. The number of hydrogen-bond acceptors (Lipinski definition) is 5. The number of hydrogen-bond donors (Lipinski definition) is 2. The van der Waals surface area contributed by atoms with Gasteiger partial charge in [-0.05, 0) is 55.3 Å². The maximum atomic E-state index is 12.9. The molecule has 1 saturated heterocycles. The molecule has 168 valence electrons. The van der Waals surface area contributed by atoms with Crippen LogP contribution < -0.4 is 10.6 Å². The summed E-state index contributed by atoms with van der Waals surface area (Å²) in [5.41, 5.74) is 1.28. The summed E-state index contributed by atoms with van der Waals surface area (Å²) in [5.74, 6) is -0.612. The van der Waals surface area contributed by atoms with E-state index in [2.05, 4.69) is 10.6 Å². The number of aryl methyl sites for hydroxylation is 1. The Hall–Kier alpha value is -3.37. The molecule has 9 nitrogen and oxygen atoms in total. The van der Waals surface area contributed by atoms with Crippen LogP contribution in [0.25, 0.3) is 0 Å². The van der Waals surface area contributed by atoms with E-state index in [-0.39, 0.29) is 22.3 Å². The highest BCUT2D eigenvalue weighted by atomic mass is 32.2. The first-order chi connectivity index (χ1) is 15.3. The van der Waals surface area contributed by atoms with Gasteiger partial charge in [-0.25, -0.2) is 8.42 Å². The van der Waals surface area contributed by atoms with Crippen LogP contribution in [0, 0.1) is 0 Å². The monoisotopic (exact) mass is 456 g/mol. The molecule has 2 N–H and O–H groups in total. The molecule has 4 rings (SSSR count). The molecule has 2 aromatic heterocycles. The van der Waals surface area contributed by atoms with Gasteiger partial charge in [0.05, 0.1) is 6.26 Å². The van der Waals surface area contributed by atoms with E-state index >= 15 is 0 Å². The van der Waals surface area contributed by atoms with E-state index in [0.29, 0.717) is 24.5 Å². The Morgan fingerprint density at radius 1 is 0.938 bits per heavy atom. The molecule has 0 saturated carbocycles. The molecule has 0 atom stereocenters. The second kappa shape index (κ2) is 9.01. The lowest BCUT2D eigenvalue weighted by molar-refractivity contribution is 0.0993. The molecule has 1 aliphatic heterocycles. The van der Waals surface area contributed by atoms with E-state index in [9.17, 15) is 18.0 Å². The zero-order chi connectivity index (χ0) is 22.7. The van der Waals surface area contributed by atoms with Crippen molar-refractivity contribution in [3.63, 3.8) is 0 Å². The summed E-state index contributed by atoms with van der Waals surface area (Å²) >= 11 is 0. The first-order valence-electron chi connectivity index (χ1n) is 10.3. The van der Waals surface area contributed by atoms with Crippen LogP contribution in [0.3, 0.4) is 0 Å². The SMILES string of the molecule is Cn1cc(S(=O)(=O)N2CCCCC2)cc1C(=O)Nc1ccc(NC(=O)c2ccco2)cc1. The zero-order valence-electron chi connectivity index (χ0n) is 17.6. The Bertz CT molecular complexity index is 1210. The van der Waals surface area contributed by atoms with Gasteiger partial charge in [0.15, 0.2) is 5.76 Å². The highest BCUT2D eigenvalue weighted by Gasteiger charge is 2.28. The Labute approximate surface area is 186 Å². The molecule has 2 amide bonds. The van der Waals surface area contributed by atoms with Crippen LogP contribution in [-0.2, 0) is 17.1 Å². The Morgan fingerprint density at radius 2 is 1.56 bits per heavy atom. The minimum atomic E-state index is -3.62. The molecule has 1 aliphatic rings. The van der Waals surface area contributed by atoms with Crippen LogP contribution in [0.2, 0.25) is 0 Å². The number of carbonyl (C=O) groups is 2. The number of sulfonamides is 1. The number of nitrogens with one attached hydrogen (secondary N) is 2. The van der Waals surface area contributed by atoms with Gasteiger partial charge in [0.1, 0.15) is 10.6 Å². The zero-order valence-corrected chi connectivity index (χ0v) is 18.4. The van der Waals surface area contributed by atoms with Crippen molar-refractivity contribution in [2.75, 3.05) is 23.7 Å². The van der Waals surface area contributed by atoms with Crippen LogP contribution >= 0.6 is 0 Å². The van der Waals surface area contributed by atoms with Crippen molar-refractivity contribution < 1.29 is 22.4 Å². The van der Waals surface area contributed by atoms with E-state index < -0.39 is 15.9 Å². The number of benzene rings is 1. The van der Waals surface area contributed by atoms with Crippen LogP contribution in [-0.4, -0.2) is 42.2 Å². The number of nitrogens with zero attached hydrogens (tertiary/aromatic N) is 2. The molecule has 0 bridgehead atoms. The second-order valence-electron chi connectivity index (χ2n) is 7.60. The van der Waals surface area contributed by atoms with Crippen molar-refractivity contribution in [2.45, 2.75) is 24.2 Å². The third-order valence-corrected chi connectivity index (χ3v) is 7.17. The molecule has 32 heavy (non-hydrogen) atoms. The van der Waals surface area contributed by atoms with Gasteiger partial charge in [-0.15, -0.1) is 0 Å². The minimum absolute atomic E-state index is 0.114. The highest BCUT2D eigenvalue weighted by molar-refractivity contribution is 7.89. The number of piperidine rings is 1. The molecule has 1 fully saturated rings. The largest absolute Gasteiger partial charge is 0.459 e. The van der Waals surface area contributed by atoms with E-state index in [0.717, 1.165) is 19.3 Å². The molecule has 10 heteroatoms. The van der Waals surface area contributed by atoms with Crippen molar-refractivity contribution in [2.24, 2.45) is 7.05 Å². The number of furan rings is 1. The molecular formula is C22H24N4O5S. The van der Waals surface area contributed by atoms with Gasteiger partial charge in [0.2, 0.25) is 10.0 Å². The van der Waals surface area contributed by atoms with Crippen molar-refractivity contribution in [1.82, 2.24) is 8.87 Å². The Morgan fingerprint density at radius 3 is 2.16 bits per heavy atom. The lowest BCUT2D eigenvalue weighted by Crippen LogP contribution is -2.35. The summed E-state index contributed by atoms with van der Waals surface area (Å²) in [6.07, 6.45) is 5.60. The third kappa shape index (κ3) is 4.61. The standard InChI is InChI=1S/C22H24N4O5S/c1-25-15-18(32(29,30)26-11-3-2-4-12-26)14-19(25)21(27)23-16-7-9-17(10-8-16)24-22(28)20-6-5-13-31-20/h5-10,13-15H,2-4,11-12H2,1H3,(H,23,27)(H,24,28). The van der Waals surface area contributed by atoms with E-state index in [1.807, 2.05) is 0 Å². The van der Waals surface area contributed by atoms with Crippen molar-refractivity contribution in [3.05, 3.63) is 66.4 Å². The second-order valence-corrected chi connectivity index (χ2v) is 9.54. The average Bonchev–Trinajstić information content (AvgIpc) is 3.46. The van der Waals surface area contributed by atoms with E-state index in [4.69, 9.17) is 4.42 Å². The van der Waals surface area contributed by atoms with Crippen LogP contribution in [0.15, 0.2) is 64.2 Å². The topological polar surface area (TPSA) is 114 Å². The molecule has 0 radical (unpaired) electrons. The van der Waals surface area contributed by atoms with Gasteiger partial charge >= 0.3 is 0 Å². The van der Waals surface area contributed by atoms with Gasteiger partial charge in [-0.1, -0.05) is 6.42 Å². The smallest absolute Gasteiger partial charge is 0.291 e. The molecule has 0 spiro atoms. The fourth-order valence-corrected chi connectivity index (χ4v) is 5.18. The first-order valence-corrected chi connectivity index (χ1v) is 11.7. The maximum Gasteiger partial charge on any atom is 0.291 e. The summed E-state index contributed by atoms with van der Waals surface area (Å²) < 4.78 is 33.8. The number of carbonyl (C=O) groups excluding carboxylic acids is 2.